The van der Waals surface area contributed by atoms with Crippen molar-refractivity contribution in [2.75, 3.05) is 23.3 Å². The number of nitrogens with one attached hydrogen (secondary N) is 2. The largest absolute Gasteiger partial charge is 0.463 e. The molecule has 0 bridgehead atoms. The van der Waals surface area contributed by atoms with Crippen LogP contribution in [0.5, 0.6) is 0 Å². The first-order chi connectivity index (χ1) is 14.6. The number of nitrogens with zero attached hydrogens (tertiary/aromatic N) is 3. The number of carbonyl (C=O) groups excluding carboxylic acids is 1. The molecule has 1 aliphatic rings. The number of carboxylic acid groups (broad SMARTS) is 1. The highest BCUT2D eigenvalue weighted by molar-refractivity contribution is 6.02. The summed E-state index contributed by atoms with van der Waals surface area (Å²) in [6.45, 7) is 3.63. The molecule has 0 saturated carbocycles. The molecule has 0 saturated heterocycles. The first-order valence-corrected chi connectivity index (χ1v) is 10.2. The molecule has 8 nitrogen and oxygen atoms in total. The highest BCUT2D eigenvalue weighted by Gasteiger charge is 2.25. The Balaban J connectivity index is 1.44. The van der Waals surface area contributed by atoms with Crippen LogP contribution in [-0.2, 0) is 6.42 Å². The Hall–Kier alpha value is -3.55. The second-order valence-corrected chi connectivity index (χ2v) is 7.43. The SMILES string of the molecule is CCCN1c2ccccc2CCC1CNC(=O)Nc1cccc2c1cnn2C(=O)O. The number of anilines is 2. The van der Waals surface area contributed by atoms with Gasteiger partial charge in [0, 0.05) is 30.2 Å². The predicted molar refractivity (Wildman–Crippen MR) is 116 cm³/mol. The molecule has 4 rings (SSSR count). The maximum absolute atomic E-state index is 12.6. The van der Waals surface area contributed by atoms with Gasteiger partial charge in [0.05, 0.1) is 17.4 Å². The topological polar surface area (TPSA) is 99.5 Å². The minimum absolute atomic E-state index is 0.233. The zero-order valence-corrected chi connectivity index (χ0v) is 16.8. The molecular weight excluding hydrogens is 382 g/mol. The highest BCUT2D eigenvalue weighted by atomic mass is 16.4. The fourth-order valence-electron chi connectivity index (χ4n) is 4.12. The Kier molecular flexibility index (Phi) is 5.56. The van der Waals surface area contributed by atoms with Gasteiger partial charge in [-0.1, -0.05) is 31.2 Å². The molecule has 1 aliphatic heterocycles. The summed E-state index contributed by atoms with van der Waals surface area (Å²) in [6.07, 6.45) is 3.29. The monoisotopic (exact) mass is 407 g/mol. The molecule has 0 aliphatic carbocycles. The number of rotatable bonds is 5. The van der Waals surface area contributed by atoms with Gasteiger partial charge in [-0.3, -0.25) is 0 Å². The van der Waals surface area contributed by atoms with Gasteiger partial charge in [-0.25, -0.2) is 9.59 Å². The van der Waals surface area contributed by atoms with Crippen molar-refractivity contribution in [2.45, 2.75) is 32.2 Å². The van der Waals surface area contributed by atoms with Crippen LogP contribution in [0.25, 0.3) is 10.9 Å². The second-order valence-electron chi connectivity index (χ2n) is 7.43. The van der Waals surface area contributed by atoms with Crippen LogP contribution in [0.2, 0.25) is 0 Å². The van der Waals surface area contributed by atoms with Gasteiger partial charge in [-0.2, -0.15) is 9.78 Å². The number of hydrogen-bond donors (Lipinski definition) is 3. The van der Waals surface area contributed by atoms with Crippen molar-refractivity contribution >= 4 is 34.4 Å². The van der Waals surface area contributed by atoms with E-state index in [0.717, 1.165) is 30.5 Å². The molecule has 1 aromatic heterocycles. The van der Waals surface area contributed by atoms with Crippen molar-refractivity contribution in [3.63, 3.8) is 0 Å². The van der Waals surface area contributed by atoms with E-state index in [1.54, 1.807) is 18.2 Å². The lowest BCUT2D eigenvalue weighted by Gasteiger charge is -2.39. The van der Waals surface area contributed by atoms with Crippen molar-refractivity contribution in [3.05, 3.63) is 54.2 Å². The number of benzene rings is 2. The van der Waals surface area contributed by atoms with Crippen molar-refractivity contribution in [3.8, 4) is 0 Å². The Morgan fingerprint density at radius 2 is 2.03 bits per heavy atom. The molecule has 2 heterocycles. The molecule has 0 spiro atoms. The Labute approximate surface area is 174 Å². The fraction of sp³-hybridized carbons (Fsp3) is 0.318. The number of urea groups is 1. The van der Waals surface area contributed by atoms with E-state index in [9.17, 15) is 14.7 Å². The summed E-state index contributed by atoms with van der Waals surface area (Å²) >= 11 is 0. The summed E-state index contributed by atoms with van der Waals surface area (Å²) in [7, 11) is 0. The van der Waals surface area contributed by atoms with E-state index >= 15 is 0 Å². The average Bonchev–Trinajstić information content (AvgIpc) is 3.19. The molecule has 0 radical (unpaired) electrons. The van der Waals surface area contributed by atoms with E-state index in [-0.39, 0.29) is 12.1 Å². The third-order valence-corrected chi connectivity index (χ3v) is 5.49. The van der Waals surface area contributed by atoms with Crippen LogP contribution in [0.1, 0.15) is 25.3 Å². The number of para-hydroxylation sites is 1. The molecule has 1 unspecified atom stereocenters. The van der Waals surface area contributed by atoms with Gasteiger partial charge < -0.3 is 20.6 Å². The van der Waals surface area contributed by atoms with Crippen LogP contribution in [0, 0.1) is 0 Å². The van der Waals surface area contributed by atoms with E-state index < -0.39 is 6.09 Å². The van der Waals surface area contributed by atoms with Gasteiger partial charge in [0.1, 0.15) is 0 Å². The summed E-state index contributed by atoms with van der Waals surface area (Å²) in [5.74, 6) is 0. The second kappa shape index (κ2) is 8.44. The van der Waals surface area contributed by atoms with Crippen molar-refractivity contribution in [2.24, 2.45) is 0 Å². The van der Waals surface area contributed by atoms with E-state index in [1.807, 2.05) is 0 Å². The van der Waals surface area contributed by atoms with Crippen LogP contribution in [-0.4, -0.2) is 46.1 Å². The molecule has 2 aromatic carbocycles. The lowest BCUT2D eigenvalue weighted by atomic mass is 9.95. The third-order valence-electron chi connectivity index (χ3n) is 5.49. The zero-order valence-electron chi connectivity index (χ0n) is 16.8. The van der Waals surface area contributed by atoms with Crippen LogP contribution in [0.15, 0.2) is 48.7 Å². The van der Waals surface area contributed by atoms with Gasteiger partial charge in [-0.05, 0) is 43.0 Å². The molecule has 3 N–H and O–H groups in total. The minimum Gasteiger partial charge on any atom is -0.463 e. The van der Waals surface area contributed by atoms with E-state index in [0.29, 0.717) is 23.1 Å². The van der Waals surface area contributed by atoms with Crippen LogP contribution in [0.3, 0.4) is 0 Å². The Bertz CT molecular complexity index is 1080. The molecule has 0 fully saturated rings. The maximum Gasteiger partial charge on any atom is 0.432 e. The number of aromatic nitrogens is 2. The summed E-state index contributed by atoms with van der Waals surface area (Å²) in [5, 5.41) is 19.5. The normalized spacial score (nSPS) is 15.6. The van der Waals surface area contributed by atoms with Gasteiger partial charge in [-0.15, -0.1) is 0 Å². The molecule has 156 valence electrons. The highest BCUT2D eigenvalue weighted by Crippen LogP contribution is 2.30. The maximum atomic E-state index is 12.6. The molecule has 2 amide bonds. The van der Waals surface area contributed by atoms with Crippen LogP contribution >= 0.6 is 0 Å². The van der Waals surface area contributed by atoms with Gasteiger partial charge >= 0.3 is 12.1 Å². The van der Waals surface area contributed by atoms with E-state index in [4.69, 9.17) is 0 Å². The van der Waals surface area contributed by atoms with Crippen LogP contribution < -0.4 is 15.5 Å². The van der Waals surface area contributed by atoms with Crippen molar-refractivity contribution < 1.29 is 14.7 Å². The van der Waals surface area contributed by atoms with Gasteiger partial charge in [0.25, 0.3) is 0 Å². The molecule has 8 heteroatoms. The Morgan fingerprint density at radius 1 is 1.20 bits per heavy atom. The summed E-state index contributed by atoms with van der Waals surface area (Å²) < 4.78 is 0.889. The standard InChI is InChI=1S/C22H25N5O3/c1-2-12-26-16(11-10-15-6-3-4-8-19(15)26)13-23-21(28)25-18-7-5-9-20-17(18)14-24-27(20)22(29)30/h3-9,14,16H,2,10-13H2,1H3,(H,29,30)(H2,23,25,28). The van der Waals surface area contributed by atoms with Crippen molar-refractivity contribution in [1.82, 2.24) is 15.1 Å². The summed E-state index contributed by atoms with van der Waals surface area (Å²) in [6, 6.07) is 13.4. The van der Waals surface area contributed by atoms with Gasteiger partial charge in [0.2, 0.25) is 0 Å². The quantitative estimate of drug-likeness (QED) is 0.595. The first-order valence-electron chi connectivity index (χ1n) is 10.2. The predicted octanol–water partition coefficient (Wildman–Crippen LogP) is 3.92. The number of hydrogen-bond acceptors (Lipinski definition) is 4. The lowest BCUT2D eigenvalue weighted by molar-refractivity contribution is 0.194. The number of amides is 2. The van der Waals surface area contributed by atoms with Crippen molar-refractivity contribution in [1.29, 1.82) is 0 Å². The van der Waals surface area contributed by atoms with E-state index in [2.05, 4.69) is 51.8 Å². The molecule has 1 atom stereocenters. The first kappa shape index (κ1) is 19.8. The van der Waals surface area contributed by atoms with E-state index in [1.165, 1.54) is 17.4 Å². The average molecular weight is 407 g/mol. The molecule has 30 heavy (non-hydrogen) atoms. The van der Waals surface area contributed by atoms with Gasteiger partial charge in [0.15, 0.2) is 0 Å². The fourth-order valence-corrected chi connectivity index (χ4v) is 4.12. The third kappa shape index (κ3) is 3.80. The minimum atomic E-state index is -1.17. The number of aryl methyl sites for hydroxylation is 1. The molecular formula is C22H25N5O3. The lowest BCUT2D eigenvalue weighted by Crippen LogP contribution is -2.47. The number of carbonyl (C=O) groups is 2. The smallest absolute Gasteiger partial charge is 0.432 e. The summed E-state index contributed by atoms with van der Waals surface area (Å²) in [4.78, 5) is 26.2. The molecule has 3 aromatic rings. The van der Waals surface area contributed by atoms with Crippen LogP contribution in [0.4, 0.5) is 21.0 Å². The summed E-state index contributed by atoms with van der Waals surface area (Å²) in [5.41, 5.74) is 3.56. The number of fused-ring (bicyclic) bond motifs is 2. The zero-order chi connectivity index (χ0) is 21.1. The Morgan fingerprint density at radius 3 is 2.83 bits per heavy atom.